The lowest BCUT2D eigenvalue weighted by Gasteiger charge is -2.28. The molecular weight excluding hydrogens is 312 g/mol. The van der Waals surface area contributed by atoms with Crippen LogP contribution in [0.5, 0.6) is 0 Å². The van der Waals surface area contributed by atoms with Gasteiger partial charge in [0.2, 0.25) is 0 Å². The molecule has 1 aliphatic heterocycles. The first-order chi connectivity index (χ1) is 9.08. The van der Waals surface area contributed by atoms with E-state index in [2.05, 4.69) is 26.2 Å². The van der Waals surface area contributed by atoms with Crippen molar-refractivity contribution in [2.45, 2.75) is 12.8 Å². The molecule has 0 bridgehead atoms. The van der Waals surface area contributed by atoms with Gasteiger partial charge in [0.05, 0.1) is 9.40 Å². The van der Waals surface area contributed by atoms with Crippen LogP contribution in [-0.2, 0) is 0 Å². The summed E-state index contributed by atoms with van der Waals surface area (Å²) in [6, 6.07) is 1.50. The summed E-state index contributed by atoms with van der Waals surface area (Å²) in [6.45, 7) is 3.02. The van der Waals surface area contributed by atoms with Crippen molar-refractivity contribution >= 4 is 27.4 Å². The van der Waals surface area contributed by atoms with Crippen LogP contribution in [0.15, 0.2) is 16.7 Å². The minimum absolute atomic E-state index is 0.00311. The average molecular weight is 329 g/mol. The predicted octanol–water partition coefficient (Wildman–Crippen LogP) is 2.19. The van der Waals surface area contributed by atoms with Crippen molar-refractivity contribution in [3.05, 3.63) is 26.9 Å². The van der Waals surface area contributed by atoms with Gasteiger partial charge in [0, 0.05) is 19.7 Å². The van der Waals surface area contributed by atoms with E-state index in [0.29, 0.717) is 10.4 Å². The molecule has 0 radical (unpaired) electrons. The molecule has 0 aliphatic carbocycles. The van der Waals surface area contributed by atoms with Crippen LogP contribution in [0.25, 0.3) is 0 Å². The zero-order valence-electron chi connectivity index (χ0n) is 10.8. The average Bonchev–Trinajstić information content (AvgIpc) is 2.39. The van der Waals surface area contributed by atoms with Gasteiger partial charge >= 0.3 is 0 Å². The Bertz CT molecular complexity index is 463. The highest BCUT2D eigenvalue weighted by Gasteiger charge is 2.18. The number of hydrogen-bond donors (Lipinski definition) is 1. The quantitative estimate of drug-likeness (QED) is 0.677. The van der Waals surface area contributed by atoms with Crippen molar-refractivity contribution in [1.82, 2.24) is 10.3 Å². The third-order valence-corrected chi connectivity index (χ3v) is 3.89. The second-order valence-electron chi connectivity index (χ2n) is 4.85. The molecule has 1 atom stereocenters. The van der Waals surface area contributed by atoms with Gasteiger partial charge in [-0.15, -0.1) is 0 Å². The Labute approximate surface area is 120 Å². The maximum atomic E-state index is 10.7. The molecule has 1 aliphatic rings. The number of aromatic nitrogens is 1. The van der Waals surface area contributed by atoms with E-state index in [0.717, 1.165) is 25.5 Å². The van der Waals surface area contributed by atoms with Gasteiger partial charge in [-0.3, -0.25) is 10.1 Å². The zero-order chi connectivity index (χ0) is 13.8. The maximum Gasteiger partial charge on any atom is 0.288 e. The summed E-state index contributed by atoms with van der Waals surface area (Å²) in [5, 5.41) is 14.1. The molecule has 0 aromatic carbocycles. The SMILES string of the molecule is CN(CC1CCCNC1)c1ncc([N+](=O)[O-])cc1Br. The van der Waals surface area contributed by atoms with Gasteiger partial charge in [0.15, 0.2) is 0 Å². The van der Waals surface area contributed by atoms with E-state index in [4.69, 9.17) is 0 Å². The standard InChI is InChI=1S/C12H17BrN4O2/c1-16(8-9-3-2-4-14-6-9)12-11(13)5-10(7-15-12)17(18)19/h5,7,9,14H,2-4,6,8H2,1H3. The van der Waals surface area contributed by atoms with Gasteiger partial charge in [0.1, 0.15) is 12.0 Å². The first-order valence-corrected chi connectivity index (χ1v) is 7.09. The number of nitro groups is 1. The number of anilines is 1. The van der Waals surface area contributed by atoms with Crippen molar-refractivity contribution in [2.75, 3.05) is 31.6 Å². The molecule has 2 rings (SSSR count). The van der Waals surface area contributed by atoms with Crippen molar-refractivity contribution in [3.63, 3.8) is 0 Å². The molecule has 1 unspecified atom stereocenters. The predicted molar refractivity (Wildman–Crippen MR) is 77.5 cm³/mol. The van der Waals surface area contributed by atoms with Crippen LogP contribution < -0.4 is 10.2 Å². The Morgan fingerprint density at radius 1 is 1.68 bits per heavy atom. The molecule has 1 saturated heterocycles. The number of nitrogens with one attached hydrogen (secondary N) is 1. The van der Waals surface area contributed by atoms with Gasteiger partial charge in [-0.1, -0.05) is 0 Å². The van der Waals surface area contributed by atoms with Crippen LogP contribution in [0.1, 0.15) is 12.8 Å². The van der Waals surface area contributed by atoms with Crippen molar-refractivity contribution < 1.29 is 4.92 Å². The highest BCUT2D eigenvalue weighted by Crippen LogP contribution is 2.27. The third kappa shape index (κ3) is 3.63. The number of nitrogens with zero attached hydrogens (tertiary/aromatic N) is 3. The van der Waals surface area contributed by atoms with Crippen LogP contribution in [0.4, 0.5) is 11.5 Å². The molecule has 1 fully saturated rings. The van der Waals surface area contributed by atoms with E-state index in [9.17, 15) is 10.1 Å². The molecule has 2 heterocycles. The molecule has 1 aromatic heterocycles. The van der Waals surface area contributed by atoms with Gasteiger partial charge in [0.25, 0.3) is 5.69 Å². The second kappa shape index (κ2) is 6.29. The van der Waals surface area contributed by atoms with Gasteiger partial charge < -0.3 is 10.2 Å². The van der Waals surface area contributed by atoms with E-state index in [1.807, 2.05) is 11.9 Å². The Kier molecular flexibility index (Phi) is 4.71. The number of pyridine rings is 1. The van der Waals surface area contributed by atoms with Crippen LogP contribution in [0, 0.1) is 16.0 Å². The summed E-state index contributed by atoms with van der Waals surface area (Å²) in [4.78, 5) is 16.5. The Hall–Kier alpha value is -1.21. The molecule has 6 nitrogen and oxygen atoms in total. The summed E-state index contributed by atoms with van der Waals surface area (Å²) < 4.78 is 0.660. The second-order valence-corrected chi connectivity index (χ2v) is 5.70. The molecule has 1 N–H and O–H groups in total. The minimum atomic E-state index is -0.438. The zero-order valence-corrected chi connectivity index (χ0v) is 12.4. The maximum absolute atomic E-state index is 10.7. The Morgan fingerprint density at radius 2 is 2.47 bits per heavy atom. The summed E-state index contributed by atoms with van der Waals surface area (Å²) >= 11 is 3.36. The lowest BCUT2D eigenvalue weighted by atomic mass is 9.99. The topological polar surface area (TPSA) is 71.3 Å². The lowest BCUT2D eigenvalue weighted by molar-refractivity contribution is -0.385. The van der Waals surface area contributed by atoms with E-state index < -0.39 is 4.92 Å². The highest BCUT2D eigenvalue weighted by molar-refractivity contribution is 9.10. The monoisotopic (exact) mass is 328 g/mol. The Morgan fingerprint density at radius 3 is 3.05 bits per heavy atom. The number of halogens is 1. The molecule has 0 spiro atoms. The van der Waals surface area contributed by atoms with Crippen molar-refractivity contribution in [2.24, 2.45) is 5.92 Å². The molecule has 19 heavy (non-hydrogen) atoms. The van der Waals surface area contributed by atoms with Crippen LogP contribution in [0.2, 0.25) is 0 Å². The summed E-state index contributed by atoms with van der Waals surface area (Å²) in [6.07, 6.45) is 3.71. The number of piperidine rings is 1. The fourth-order valence-corrected chi connectivity index (χ4v) is 2.99. The molecule has 7 heteroatoms. The molecular formula is C12H17BrN4O2. The van der Waals surface area contributed by atoms with Crippen molar-refractivity contribution in [3.8, 4) is 0 Å². The van der Waals surface area contributed by atoms with E-state index >= 15 is 0 Å². The normalized spacial score (nSPS) is 19.2. The number of rotatable bonds is 4. The van der Waals surface area contributed by atoms with E-state index in [1.165, 1.54) is 25.1 Å². The van der Waals surface area contributed by atoms with Crippen LogP contribution >= 0.6 is 15.9 Å². The fourth-order valence-electron chi connectivity index (χ4n) is 2.35. The van der Waals surface area contributed by atoms with Gasteiger partial charge in [-0.2, -0.15) is 0 Å². The van der Waals surface area contributed by atoms with E-state index in [-0.39, 0.29) is 5.69 Å². The number of hydrogen-bond acceptors (Lipinski definition) is 5. The van der Waals surface area contributed by atoms with Crippen LogP contribution in [-0.4, -0.2) is 36.6 Å². The van der Waals surface area contributed by atoms with Crippen LogP contribution in [0.3, 0.4) is 0 Å². The lowest BCUT2D eigenvalue weighted by Crippen LogP contribution is -2.37. The largest absolute Gasteiger partial charge is 0.358 e. The smallest absolute Gasteiger partial charge is 0.288 e. The van der Waals surface area contributed by atoms with Gasteiger partial charge in [-0.05, 0) is 47.8 Å². The highest BCUT2D eigenvalue weighted by atomic mass is 79.9. The Balaban J connectivity index is 2.05. The van der Waals surface area contributed by atoms with Gasteiger partial charge in [-0.25, -0.2) is 4.98 Å². The van der Waals surface area contributed by atoms with Crippen molar-refractivity contribution in [1.29, 1.82) is 0 Å². The molecule has 1 aromatic rings. The first-order valence-electron chi connectivity index (χ1n) is 6.29. The molecule has 0 amide bonds. The third-order valence-electron chi connectivity index (χ3n) is 3.31. The fraction of sp³-hybridized carbons (Fsp3) is 0.583. The first kappa shape index (κ1) is 14.2. The molecule has 104 valence electrons. The summed E-state index contributed by atoms with van der Waals surface area (Å²) in [5.74, 6) is 1.35. The summed E-state index contributed by atoms with van der Waals surface area (Å²) in [7, 11) is 1.97. The molecule has 0 saturated carbocycles. The summed E-state index contributed by atoms with van der Waals surface area (Å²) in [5.41, 5.74) is 0.00311. The van der Waals surface area contributed by atoms with E-state index in [1.54, 1.807) is 0 Å². The minimum Gasteiger partial charge on any atom is -0.358 e.